The number of aliphatic hydroxyl groups is 2. The number of hydrogen-bond donors (Lipinski definition) is 3. The van der Waals surface area contributed by atoms with Crippen molar-refractivity contribution in [3.05, 3.63) is 57.5 Å². The van der Waals surface area contributed by atoms with Crippen molar-refractivity contribution < 1.29 is 27.0 Å². The maximum atomic E-state index is 12.1. The van der Waals surface area contributed by atoms with E-state index in [0.29, 0.717) is 13.0 Å². The van der Waals surface area contributed by atoms with Gasteiger partial charge in [0.15, 0.2) is 0 Å². The Bertz CT molecular complexity index is 1090. The summed E-state index contributed by atoms with van der Waals surface area (Å²) >= 11 is 6.43. The summed E-state index contributed by atoms with van der Waals surface area (Å²) < 4.78 is 48.6. The molecule has 184 valence electrons. The van der Waals surface area contributed by atoms with Gasteiger partial charge in [-0.2, -0.15) is 4.31 Å². The Hall–Kier alpha value is -0.570. The van der Waals surface area contributed by atoms with E-state index in [1.54, 1.807) is 36.4 Å². The number of nitrogens with zero attached hydrogens (tertiary/aromatic N) is 1. The van der Waals surface area contributed by atoms with Gasteiger partial charge in [-0.15, -0.1) is 0 Å². The Labute approximate surface area is 215 Å². The molecule has 2 aromatic carbocycles. The first-order valence-corrected chi connectivity index (χ1v) is 15.3. The molecule has 13 heteroatoms. The van der Waals surface area contributed by atoms with Gasteiger partial charge < -0.3 is 15.5 Å². The second-order valence-corrected chi connectivity index (χ2v) is 13.6. The van der Waals surface area contributed by atoms with E-state index in [0.717, 1.165) is 28.5 Å². The van der Waals surface area contributed by atoms with Crippen molar-refractivity contribution in [1.29, 1.82) is 0 Å². The lowest BCUT2D eigenvalue weighted by atomic mass is 10.3. The van der Waals surface area contributed by atoms with Gasteiger partial charge in [-0.1, -0.05) is 31.9 Å². The summed E-state index contributed by atoms with van der Waals surface area (Å²) in [5, 5.41) is 21.0. The molecule has 8 nitrogen and oxygen atoms in total. The molecule has 0 aromatic heterocycles. The van der Waals surface area contributed by atoms with Crippen LogP contribution in [0.4, 0.5) is 0 Å². The third-order valence-corrected chi connectivity index (χ3v) is 9.01. The average molecular weight is 649 g/mol. The van der Waals surface area contributed by atoms with Crippen molar-refractivity contribution in [2.45, 2.75) is 34.8 Å². The minimum atomic E-state index is -3.57. The lowest BCUT2D eigenvalue weighted by Crippen LogP contribution is -2.29. The molecule has 2 aliphatic rings. The van der Waals surface area contributed by atoms with E-state index in [1.165, 1.54) is 16.4 Å². The molecule has 0 saturated carbocycles. The maximum Gasteiger partial charge on any atom is 0.261 e. The Morgan fingerprint density at radius 2 is 1.36 bits per heavy atom. The third kappa shape index (κ3) is 9.54. The second kappa shape index (κ2) is 12.9. The molecule has 0 radical (unpaired) electrons. The molecule has 3 N–H and O–H groups in total. The largest absolute Gasteiger partial charge is 0.392 e. The SMILES string of the molecule is O=S(=O)(Cl)c1ccc(Br)cc1.O=S(=O)(c1ccc(Br)cc1)N1CCC(O)C1.OC1CCNC1. The molecule has 33 heavy (non-hydrogen) atoms. The number of halogens is 3. The average Bonchev–Trinajstić information content (AvgIpc) is 3.40. The Morgan fingerprint density at radius 3 is 1.70 bits per heavy atom. The third-order valence-electron chi connectivity index (χ3n) is 4.71. The number of nitrogens with one attached hydrogen (secondary N) is 1. The fraction of sp³-hybridized carbons (Fsp3) is 0.400. The molecular formula is C20H25Br2ClN2O6S2. The van der Waals surface area contributed by atoms with Gasteiger partial charge in [0.1, 0.15) is 0 Å². The minimum Gasteiger partial charge on any atom is -0.392 e. The van der Waals surface area contributed by atoms with Crippen molar-refractivity contribution in [1.82, 2.24) is 9.62 Å². The molecule has 2 aliphatic heterocycles. The van der Waals surface area contributed by atoms with E-state index >= 15 is 0 Å². The first-order valence-electron chi connectivity index (χ1n) is 9.92. The number of benzene rings is 2. The van der Waals surface area contributed by atoms with Crippen molar-refractivity contribution in [3.8, 4) is 0 Å². The Morgan fingerprint density at radius 1 is 0.848 bits per heavy atom. The fourth-order valence-electron chi connectivity index (χ4n) is 2.92. The molecule has 0 bridgehead atoms. The standard InChI is InChI=1S/C10H12BrNO3S.C6H4BrClO2S.C4H9NO/c11-8-1-3-10(4-2-8)16(14,15)12-6-5-9(13)7-12;7-5-1-3-6(4-2-5)11(8,9)10;6-4-1-2-5-3-4/h1-4,9,13H,5-7H2;1-4H;4-6H,1-3H2. The molecule has 0 spiro atoms. The zero-order valence-corrected chi connectivity index (χ0v) is 23.0. The molecule has 2 unspecified atom stereocenters. The number of hydrogen-bond acceptors (Lipinski definition) is 7. The molecule has 2 aromatic rings. The van der Waals surface area contributed by atoms with E-state index in [-0.39, 0.29) is 22.4 Å². The maximum absolute atomic E-state index is 12.1. The predicted octanol–water partition coefficient (Wildman–Crippen LogP) is 2.92. The van der Waals surface area contributed by atoms with Gasteiger partial charge in [-0.25, -0.2) is 16.8 Å². The number of β-amino-alcohol motifs (C(OH)–C–C–N with tert-alkyl or cyclic N) is 2. The van der Waals surface area contributed by atoms with Crippen LogP contribution in [0.5, 0.6) is 0 Å². The van der Waals surface area contributed by atoms with Gasteiger partial charge in [0.2, 0.25) is 10.0 Å². The van der Waals surface area contributed by atoms with E-state index in [1.807, 2.05) is 0 Å². The molecule has 2 saturated heterocycles. The van der Waals surface area contributed by atoms with Crippen LogP contribution in [-0.2, 0) is 19.1 Å². The molecule has 2 atom stereocenters. The van der Waals surface area contributed by atoms with Crippen LogP contribution in [0.3, 0.4) is 0 Å². The first kappa shape index (κ1) is 28.7. The van der Waals surface area contributed by atoms with Crippen molar-refractivity contribution >= 4 is 61.6 Å². The zero-order valence-electron chi connectivity index (χ0n) is 17.4. The van der Waals surface area contributed by atoms with Gasteiger partial charge in [-0.05, 0) is 67.9 Å². The second-order valence-electron chi connectivity index (χ2n) is 7.30. The first-order chi connectivity index (χ1) is 15.4. The van der Waals surface area contributed by atoms with Crippen LogP contribution in [0, 0.1) is 0 Å². The fourth-order valence-corrected chi connectivity index (χ4v) is 5.71. The van der Waals surface area contributed by atoms with E-state index in [2.05, 4.69) is 37.2 Å². The summed E-state index contributed by atoms with van der Waals surface area (Å²) in [7, 11) is -1.94. The van der Waals surface area contributed by atoms with E-state index < -0.39 is 25.2 Å². The Balaban J connectivity index is 0.000000195. The highest BCUT2D eigenvalue weighted by Gasteiger charge is 2.31. The van der Waals surface area contributed by atoms with Gasteiger partial charge in [0, 0.05) is 39.3 Å². The lowest BCUT2D eigenvalue weighted by molar-refractivity contribution is 0.189. The molecule has 4 rings (SSSR count). The van der Waals surface area contributed by atoms with Crippen LogP contribution in [-0.4, -0.2) is 69.7 Å². The van der Waals surface area contributed by atoms with Crippen molar-refractivity contribution in [2.75, 3.05) is 26.2 Å². The Kier molecular flexibility index (Phi) is 11.2. The molecule has 0 amide bonds. The van der Waals surface area contributed by atoms with Crippen LogP contribution < -0.4 is 5.32 Å². The summed E-state index contributed by atoms with van der Waals surface area (Å²) in [6.07, 6.45) is 0.839. The van der Waals surface area contributed by atoms with Crippen LogP contribution in [0.1, 0.15) is 12.8 Å². The summed E-state index contributed by atoms with van der Waals surface area (Å²) in [5.74, 6) is 0. The van der Waals surface area contributed by atoms with Gasteiger partial charge in [0.05, 0.1) is 22.0 Å². The summed E-state index contributed by atoms with van der Waals surface area (Å²) in [6.45, 7) is 2.36. The van der Waals surface area contributed by atoms with Crippen LogP contribution >= 0.6 is 42.5 Å². The number of rotatable bonds is 3. The molecular weight excluding hydrogens is 624 g/mol. The smallest absolute Gasteiger partial charge is 0.261 e. The van der Waals surface area contributed by atoms with Gasteiger partial charge in [0.25, 0.3) is 9.05 Å². The zero-order chi connectivity index (χ0) is 24.6. The molecule has 2 fully saturated rings. The summed E-state index contributed by atoms with van der Waals surface area (Å²) in [4.78, 5) is 0.382. The topological polar surface area (TPSA) is 124 Å². The number of sulfonamides is 1. The molecule has 0 aliphatic carbocycles. The van der Waals surface area contributed by atoms with Crippen molar-refractivity contribution in [3.63, 3.8) is 0 Å². The van der Waals surface area contributed by atoms with Gasteiger partial charge in [-0.3, -0.25) is 0 Å². The summed E-state index contributed by atoms with van der Waals surface area (Å²) in [6, 6.07) is 12.6. The van der Waals surface area contributed by atoms with Crippen LogP contribution in [0.15, 0.2) is 67.3 Å². The molecule has 2 heterocycles. The van der Waals surface area contributed by atoms with Crippen LogP contribution in [0.2, 0.25) is 0 Å². The highest BCUT2D eigenvalue weighted by atomic mass is 79.9. The monoisotopic (exact) mass is 646 g/mol. The minimum absolute atomic E-state index is 0.0648. The normalized spacial score (nSPS) is 21.0. The number of aliphatic hydroxyl groups excluding tert-OH is 2. The highest BCUT2D eigenvalue weighted by Crippen LogP contribution is 2.22. The predicted molar refractivity (Wildman–Crippen MR) is 134 cm³/mol. The van der Waals surface area contributed by atoms with E-state index in [4.69, 9.17) is 15.8 Å². The van der Waals surface area contributed by atoms with Crippen molar-refractivity contribution in [2.24, 2.45) is 0 Å². The highest BCUT2D eigenvalue weighted by molar-refractivity contribution is 9.10. The van der Waals surface area contributed by atoms with E-state index in [9.17, 15) is 21.9 Å². The lowest BCUT2D eigenvalue weighted by Gasteiger charge is -2.15. The van der Waals surface area contributed by atoms with Gasteiger partial charge >= 0.3 is 0 Å². The quantitative estimate of drug-likeness (QED) is 0.438. The van der Waals surface area contributed by atoms with Crippen LogP contribution in [0.25, 0.3) is 0 Å². The summed E-state index contributed by atoms with van der Waals surface area (Å²) in [5.41, 5.74) is 0.